The van der Waals surface area contributed by atoms with Crippen LogP contribution in [0.15, 0.2) is 36.4 Å². The van der Waals surface area contributed by atoms with Crippen molar-refractivity contribution in [1.82, 2.24) is 4.90 Å². The number of anilines is 1. The van der Waals surface area contributed by atoms with Crippen LogP contribution in [0.25, 0.3) is 0 Å². The summed E-state index contributed by atoms with van der Waals surface area (Å²) < 4.78 is 0. The molecule has 4 heteroatoms. The molecule has 3 rings (SSSR count). The number of nitrogens with zero attached hydrogens (tertiary/aromatic N) is 1. The van der Waals surface area contributed by atoms with E-state index in [2.05, 4.69) is 18.3 Å². The molecule has 0 unspecified atom stereocenters. The third-order valence-electron chi connectivity index (χ3n) is 5.90. The minimum atomic E-state index is -0.0480. The predicted molar refractivity (Wildman–Crippen MR) is 114 cm³/mol. The van der Waals surface area contributed by atoms with Crippen LogP contribution in [-0.2, 0) is 11.2 Å². The quantitative estimate of drug-likeness (QED) is 0.841. The van der Waals surface area contributed by atoms with Crippen molar-refractivity contribution < 1.29 is 9.59 Å². The Labute approximate surface area is 167 Å². The summed E-state index contributed by atoms with van der Waals surface area (Å²) in [7, 11) is 0. The molecular formula is C24H30N2O2. The van der Waals surface area contributed by atoms with Gasteiger partial charge in [-0.3, -0.25) is 9.59 Å². The summed E-state index contributed by atoms with van der Waals surface area (Å²) in [5, 5.41) is 3.15. The van der Waals surface area contributed by atoms with Gasteiger partial charge in [-0.15, -0.1) is 0 Å². The lowest BCUT2D eigenvalue weighted by Gasteiger charge is -2.31. The molecule has 148 valence electrons. The molecule has 4 nitrogen and oxygen atoms in total. The highest BCUT2D eigenvalue weighted by Gasteiger charge is 2.28. The molecule has 2 aromatic rings. The second kappa shape index (κ2) is 8.59. The Morgan fingerprint density at radius 1 is 1.00 bits per heavy atom. The van der Waals surface area contributed by atoms with Crippen LogP contribution in [0.3, 0.4) is 0 Å². The summed E-state index contributed by atoms with van der Waals surface area (Å²) in [5.74, 6) is 0.0875. The number of benzene rings is 2. The van der Waals surface area contributed by atoms with Crippen LogP contribution in [0.5, 0.6) is 0 Å². The fourth-order valence-electron chi connectivity index (χ4n) is 3.83. The summed E-state index contributed by atoms with van der Waals surface area (Å²) in [5.41, 5.74) is 6.26. The van der Waals surface area contributed by atoms with Crippen LogP contribution in [0, 0.1) is 26.7 Å². The van der Waals surface area contributed by atoms with E-state index in [-0.39, 0.29) is 17.7 Å². The first-order valence-electron chi connectivity index (χ1n) is 10.2. The number of likely N-dealkylation sites (tertiary alicyclic amines) is 1. The molecule has 1 N–H and O–H groups in total. The van der Waals surface area contributed by atoms with Crippen molar-refractivity contribution in [1.29, 1.82) is 0 Å². The maximum atomic E-state index is 12.8. The fraction of sp³-hybridized carbons (Fsp3) is 0.417. The third-order valence-corrected chi connectivity index (χ3v) is 5.90. The molecule has 0 radical (unpaired) electrons. The molecule has 1 heterocycles. The summed E-state index contributed by atoms with van der Waals surface area (Å²) >= 11 is 0. The zero-order chi connectivity index (χ0) is 20.3. The molecule has 2 amide bonds. The van der Waals surface area contributed by atoms with E-state index in [1.165, 1.54) is 5.56 Å². The molecule has 0 aromatic heterocycles. The standard InChI is InChI=1S/C24H30N2O2/c1-5-19-8-6-7-17(3)22(19)25-23(27)20-11-13-26(14-12-20)24(28)21-10-9-16(2)18(4)15-21/h6-10,15,20H,5,11-14H2,1-4H3,(H,25,27). The van der Waals surface area contributed by atoms with E-state index in [1.807, 2.05) is 56.0 Å². The van der Waals surface area contributed by atoms with Gasteiger partial charge in [-0.2, -0.15) is 0 Å². The zero-order valence-corrected chi connectivity index (χ0v) is 17.3. The summed E-state index contributed by atoms with van der Waals surface area (Å²) in [6, 6.07) is 12.0. The van der Waals surface area contributed by atoms with Crippen molar-refractivity contribution in [3.05, 3.63) is 64.2 Å². The number of nitrogens with one attached hydrogen (secondary N) is 1. The maximum Gasteiger partial charge on any atom is 0.253 e. The van der Waals surface area contributed by atoms with E-state index in [0.29, 0.717) is 25.9 Å². The average Bonchev–Trinajstić information content (AvgIpc) is 2.71. The molecule has 1 fully saturated rings. The number of hydrogen-bond donors (Lipinski definition) is 1. The second-order valence-corrected chi connectivity index (χ2v) is 7.82. The van der Waals surface area contributed by atoms with Crippen LogP contribution >= 0.6 is 0 Å². The summed E-state index contributed by atoms with van der Waals surface area (Å²) in [6.07, 6.45) is 2.30. The van der Waals surface area contributed by atoms with Gasteiger partial charge < -0.3 is 10.2 Å². The van der Waals surface area contributed by atoms with E-state index < -0.39 is 0 Å². The lowest BCUT2D eigenvalue weighted by Crippen LogP contribution is -2.41. The van der Waals surface area contributed by atoms with E-state index in [4.69, 9.17) is 0 Å². The molecule has 0 aliphatic carbocycles. The highest BCUT2D eigenvalue weighted by molar-refractivity contribution is 5.96. The number of hydrogen-bond acceptors (Lipinski definition) is 2. The van der Waals surface area contributed by atoms with Gasteiger partial charge in [0.1, 0.15) is 0 Å². The number of para-hydroxylation sites is 1. The number of aryl methyl sites for hydroxylation is 4. The first kappa shape index (κ1) is 20.1. The van der Waals surface area contributed by atoms with Crippen molar-refractivity contribution in [2.75, 3.05) is 18.4 Å². The van der Waals surface area contributed by atoms with Crippen LogP contribution in [0.1, 0.15) is 52.4 Å². The van der Waals surface area contributed by atoms with E-state index in [1.54, 1.807) is 0 Å². The Balaban J connectivity index is 1.61. The topological polar surface area (TPSA) is 49.4 Å². The zero-order valence-electron chi connectivity index (χ0n) is 17.3. The summed E-state index contributed by atoms with van der Waals surface area (Å²) in [6.45, 7) is 9.45. The van der Waals surface area contributed by atoms with Gasteiger partial charge in [0.2, 0.25) is 5.91 Å². The molecule has 1 saturated heterocycles. The van der Waals surface area contributed by atoms with Gasteiger partial charge in [-0.1, -0.05) is 31.2 Å². The van der Waals surface area contributed by atoms with E-state index in [0.717, 1.165) is 34.4 Å². The highest BCUT2D eigenvalue weighted by Crippen LogP contribution is 2.25. The molecule has 28 heavy (non-hydrogen) atoms. The largest absolute Gasteiger partial charge is 0.339 e. The SMILES string of the molecule is CCc1cccc(C)c1NC(=O)C1CCN(C(=O)c2ccc(C)c(C)c2)CC1. The Bertz CT molecular complexity index is 880. The van der Waals surface area contributed by atoms with Gasteiger partial charge in [-0.05, 0) is 74.4 Å². The highest BCUT2D eigenvalue weighted by atomic mass is 16.2. The van der Waals surface area contributed by atoms with Crippen LogP contribution in [0.2, 0.25) is 0 Å². The molecule has 1 aliphatic rings. The number of carbonyl (C=O) groups is 2. The molecule has 0 saturated carbocycles. The van der Waals surface area contributed by atoms with Crippen molar-refractivity contribution in [3.63, 3.8) is 0 Å². The molecule has 0 spiro atoms. The van der Waals surface area contributed by atoms with Crippen LogP contribution < -0.4 is 5.32 Å². The van der Waals surface area contributed by atoms with Gasteiger partial charge >= 0.3 is 0 Å². The van der Waals surface area contributed by atoms with Gasteiger partial charge in [0, 0.05) is 30.3 Å². The van der Waals surface area contributed by atoms with Crippen molar-refractivity contribution >= 4 is 17.5 Å². The lowest BCUT2D eigenvalue weighted by atomic mass is 9.94. The first-order valence-corrected chi connectivity index (χ1v) is 10.2. The Morgan fingerprint density at radius 3 is 2.36 bits per heavy atom. The van der Waals surface area contributed by atoms with Gasteiger partial charge in [0.05, 0.1) is 0 Å². The lowest BCUT2D eigenvalue weighted by molar-refractivity contribution is -0.121. The number of rotatable bonds is 4. The number of amides is 2. The van der Waals surface area contributed by atoms with Crippen LogP contribution in [-0.4, -0.2) is 29.8 Å². The monoisotopic (exact) mass is 378 g/mol. The first-order chi connectivity index (χ1) is 13.4. The van der Waals surface area contributed by atoms with Gasteiger partial charge in [-0.25, -0.2) is 0 Å². The van der Waals surface area contributed by atoms with Gasteiger partial charge in [0.25, 0.3) is 5.91 Å². The average molecular weight is 379 g/mol. The smallest absolute Gasteiger partial charge is 0.253 e. The molecule has 0 atom stereocenters. The minimum absolute atomic E-state index is 0.0480. The maximum absolute atomic E-state index is 12.8. The van der Waals surface area contributed by atoms with E-state index in [9.17, 15) is 9.59 Å². The Morgan fingerprint density at radius 2 is 1.71 bits per heavy atom. The van der Waals surface area contributed by atoms with Crippen molar-refractivity contribution in [2.24, 2.45) is 5.92 Å². The number of piperidine rings is 1. The molecule has 1 aliphatic heterocycles. The predicted octanol–water partition coefficient (Wildman–Crippen LogP) is 4.67. The van der Waals surface area contributed by atoms with Crippen molar-refractivity contribution in [3.8, 4) is 0 Å². The molecule has 0 bridgehead atoms. The Kier molecular flexibility index (Phi) is 6.18. The van der Waals surface area contributed by atoms with Gasteiger partial charge in [0.15, 0.2) is 0 Å². The van der Waals surface area contributed by atoms with Crippen LogP contribution in [0.4, 0.5) is 5.69 Å². The molecule has 2 aromatic carbocycles. The Hall–Kier alpha value is -2.62. The molecular weight excluding hydrogens is 348 g/mol. The normalized spacial score (nSPS) is 14.8. The number of carbonyl (C=O) groups excluding carboxylic acids is 2. The fourth-order valence-corrected chi connectivity index (χ4v) is 3.83. The third kappa shape index (κ3) is 4.27. The van der Waals surface area contributed by atoms with E-state index >= 15 is 0 Å². The summed E-state index contributed by atoms with van der Waals surface area (Å²) in [4.78, 5) is 27.5. The minimum Gasteiger partial charge on any atom is -0.339 e. The van der Waals surface area contributed by atoms with Crippen molar-refractivity contribution in [2.45, 2.75) is 47.0 Å². The second-order valence-electron chi connectivity index (χ2n) is 7.82.